The Hall–Kier alpha value is -0.940. The van der Waals surface area contributed by atoms with E-state index in [9.17, 15) is 4.79 Å². The molecule has 2 rings (SSSR count). The van der Waals surface area contributed by atoms with Crippen molar-refractivity contribution in [3.05, 3.63) is 16.1 Å². The van der Waals surface area contributed by atoms with Crippen molar-refractivity contribution in [1.82, 2.24) is 14.8 Å². The van der Waals surface area contributed by atoms with Crippen LogP contribution in [0.4, 0.5) is 0 Å². The van der Waals surface area contributed by atoms with Crippen molar-refractivity contribution < 1.29 is 4.79 Å². The summed E-state index contributed by atoms with van der Waals surface area (Å²) in [7, 11) is 4.05. The Balaban J connectivity index is 1.68. The van der Waals surface area contributed by atoms with E-state index in [1.54, 1.807) is 11.3 Å². The van der Waals surface area contributed by atoms with Gasteiger partial charge in [-0.15, -0.1) is 11.3 Å². The van der Waals surface area contributed by atoms with Crippen LogP contribution in [0.25, 0.3) is 0 Å². The van der Waals surface area contributed by atoms with E-state index in [0.717, 1.165) is 31.2 Å². The minimum absolute atomic E-state index is 0.233. The molecule has 106 valence electrons. The fourth-order valence-corrected chi connectivity index (χ4v) is 2.89. The number of hydrogen-bond donors (Lipinski definition) is 0. The van der Waals surface area contributed by atoms with Gasteiger partial charge >= 0.3 is 0 Å². The van der Waals surface area contributed by atoms with E-state index in [-0.39, 0.29) is 5.91 Å². The van der Waals surface area contributed by atoms with Crippen molar-refractivity contribution in [2.45, 2.75) is 38.6 Å². The molecule has 0 bridgehead atoms. The van der Waals surface area contributed by atoms with Gasteiger partial charge in [0.15, 0.2) is 0 Å². The summed E-state index contributed by atoms with van der Waals surface area (Å²) in [4.78, 5) is 21.7. The van der Waals surface area contributed by atoms with Crippen molar-refractivity contribution in [2.24, 2.45) is 0 Å². The number of carbonyl (C=O) groups is 1. The maximum Gasteiger partial charge on any atom is 0.222 e. The van der Waals surface area contributed by atoms with E-state index in [1.165, 1.54) is 17.7 Å². The van der Waals surface area contributed by atoms with E-state index < -0.39 is 0 Å². The monoisotopic (exact) mass is 281 g/mol. The third kappa shape index (κ3) is 4.28. The normalized spacial score (nSPS) is 14.9. The molecule has 1 heterocycles. The van der Waals surface area contributed by atoms with Crippen molar-refractivity contribution >= 4 is 17.2 Å². The number of aromatic nitrogens is 1. The van der Waals surface area contributed by atoms with Crippen LogP contribution < -0.4 is 0 Å². The molecule has 1 saturated carbocycles. The number of aryl methyl sites for hydroxylation is 2. The van der Waals surface area contributed by atoms with Crippen molar-refractivity contribution in [2.75, 3.05) is 27.2 Å². The van der Waals surface area contributed by atoms with Crippen molar-refractivity contribution in [3.63, 3.8) is 0 Å². The molecular weight excluding hydrogens is 258 g/mol. The molecule has 5 heteroatoms. The Morgan fingerprint density at radius 1 is 1.42 bits per heavy atom. The number of amides is 1. The van der Waals surface area contributed by atoms with Crippen LogP contribution in [-0.2, 0) is 11.2 Å². The summed E-state index contributed by atoms with van der Waals surface area (Å²) in [5, 5.41) is 0. The van der Waals surface area contributed by atoms with E-state index >= 15 is 0 Å². The second kappa shape index (κ2) is 6.48. The molecule has 0 aromatic carbocycles. The van der Waals surface area contributed by atoms with E-state index in [0.29, 0.717) is 6.42 Å². The van der Waals surface area contributed by atoms with Gasteiger partial charge in [-0.05, 0) is 33.2 Å². The average Bonchev–Trinajstić information content (AvgIpc) is 3.17. The molecule has 1 aliphatic carbocycles. The summed E-state index contributed by atoms with van der Waals surface area (Å²) < 4.78 is 0. The van der Waals surface area contributed by atoms with E-state index in [2.05, 4.69) is 16.9 Å². The van der Waals surface area contributed by atoms with Gasteiger partial charge in [-0.2, -0.15) is 0 Å². The lowest BCUT2D eigenvalue weighted by Gasteiger charge is -2.22. The number of rotatable bonds is 7. The lowest BCUT2D eigenvalue weighted by atomic mass is 10.2. The van der Waals surface area contributed by atoms with Crippen LogP contribution >= 0.6 is 11.3 Å². The third-order valence-electron chi connectivity index (χ3n) is 3.79. The van der Waals surface area contributed by atoms with Gasteiger partial charge in [-0.3, -0.25) is 4.79 Å². The smallest absolute Gasteiger partial charge is 0.222 e. The predicted molar refractivity (Wildman–Crippen MR) is 78.5 cm³/mol. The first-order valence-corrected chi connectivity index (χ1v) is 7.79. The highest BCUT2D eigenvalue weighted by molar-refractivity contribution is 7.09. The minimum Gasteiger partial charge on any atom is -0.344 e. The predicted octanol–water partition coefficient (Wildman–Crippen LogP) is 1.94. The summed E-state index contributed by atoms with van der Waals surface area (Å²) in [6.07, 6.45) is 4.04. The SMILES string of the molecule is Cc1ncsc1CCC(=O)N(C)CCN(C)C1CC1. The van der Waals surface area contributed by atoms with Crippen LogP contribution in [0.5, 0.6) is 0 Å². The highest BCUT2D eigenvalue weighted by atomic mass is 32.1. The van der Waals surface area contributed by atoms with E-state index in [1.807, 2.05) is 24.4 Å². The lowest BCUT2D eigenvalue weighted by molar-refractivity contribution is -0.130. The van der Waals surface area contributed by atoms with Crippen LogP contribution in [-0.4, -0.2) is 53.9 Å². The molecule has 0 unspecified atom stereocenters. The Morgan fingerprint density at radius 3 is 2.74 bits per heavy atom. The fraction of sp³-hybridized carbons (Fsp3) is 0.714. The van der Waals surface area contributed by atoms with Gasteiger partial charge in [0.25, 0.3) is 0 Å². The van der Waals surface area contributed by atoms with Crippen molar-refractivity contribution in [1.29, 1.82) is 0 Å². The largest absolute Gasteiger partial charge is 0.344 e. The van der Waals surface area contributed by atoms with Crippen LogP contribution in [0, 0.1) is 6.92 Å². The fourth-order valence-electron chi connectivity index (χ4n) is 2.11. The third-order valence-corrected chi connectivity index (χ3v) is 4.79. The van der Waals surface area contributed by atoms with Gasteiger partial charge in [0.05, 0.1) is 11.2 Å². The molecule has 0 aliphatic heterocycles. The highest BCUT2D eigenvalue weighted by Gasteiger charge is 2.26. The van der Waals surface area contributed by atoms with Gasteiger partial charge < -0.3 is 9.80 Å². The molecule has 0 radical (unpaired) electrons. The summed E-state index contributed by atoms with van der Waals surface area (Å²) >= 11 is 1.64. The van der Waals surface area contributed by atoms with Gasteiger partial charge in [-0.1, -0.05) is 0 Å². The topological polar surface area (TPSA) is 36.4 Å². The Kier molecular flexibility index (Phi) is 4.93. The van der Waals surface area contributed by atoms with Crippen LogP contribution in [0.15, 0.2) is 5.51 Å². The van der Waals surface area contributed by atoms with Crippen LogP contribution in [0.1, 0.15) is 29.8 Å². The summed E-state index contributed by atoms with van der Waals surface area (Å²) in [5.74, 6) is 0.233. The Bertz CT molecular complexity index is 428. The molecule has 0 atom stereocenters. The number of thiazole rings is 1. The van der Waals surface area contributed by atoms with Gasteiger partial charge in [-0.25, -0.2) is 4.98 Å². The molecule has 1 aromatic heterocycles. The number of likely N-dealkylation sites (N-methyl/N-ethyl adjacent to an activating group) is 2. The van der Waals surface area contributed by atoms with Crippen molar-refractivity contribution in [3.8, 4) is 0 Å². The first kappa shape index (κ1) is 14.5. The molecule has 0 N–H and O–H groups in total. The maximum atomic E-state index is 12.0. The zero-order chi connectivity index (χ0) is 13.8. The molecule has 0 spiro atoms. The molecule has 19 heavy (non-hydrogen) atoms. The number of carbonyl (C=O) groups excluding carboxylic acids is 1. The van der Waals surface area contributed by atoms with Gasteiger partial charge in [0.2, 0.25) is 5.91 Å². The van der Waals surface area contributed by atoms with E-state index in [4.69, 9.17) is 0 Å². The average molecular weight is 281 g/mol. The van der Waals surface area contributed by atoms with Gasteiger partial charge in [0, 0.05) is 37.5 Å². The summed E-state index contributed by atoms with van der Waals surface area (Å²) in [6.45, 7) is 3.81. The zero-order valence-corrected chi connectivity index (χ0v) is 12.9. The van der Waals surface area contributed by atoms with Crippen LogP contribution in [0.3, 0.4) is 0 Å². The second-order valence-corrected chi connectivity index (χ2v) is 6.33. The molecular formula is C14H23N3OS. The minimum atomic E-state index is 0.233. The molecule has 4 nitrogen and oxygen atoms in total. The molecule has 1 aromatic rings. The van der Waals surface area contributed by atoms with Gasteiger partial charge in [0.1, 0.15) is 0 Å². The first-order chi connectivity index (χ1) is 9.08. The Morgan fingerprint density at radius 2 is 2.16 bits per heavy atom. The highest BCUT2D eigenvalue weighted by Crippen LogP contribution is 2.24. The maximum absolute atomic E-state index is 12.0. The second-order valence-electron chi connectivity index (χ2n) is 5.39. The molecule has 1 amide bonds. The number of hydrogen-bond acceptors (Lipinski definition) is 4. The Labute approximate surface area is 119 Å². The molecule has 1 fully saturated rings. The number of nitrogens with zero attached hydrogens (tertiary/aromatic N) is 3. The molecule has 1 aliphatic rings. The summed E-state index contributed by atoms with van der Waals surface area (Å²) in [5.41, 5.74) is 2.91. The molecule has 0 saturated heterocycles. The lowest BCUT2D eigenvalue weighted by Crippen LogP contribution is -2.35. The van der Waals surface area contributed by atoms with Crippen LogP contribution in [0.2, 0.25) is 0 Å². The first-order valence-electron chi connectivity index (χ1n) is 6.91. The summed E-state index contributed by atoms with van der Waals surface area (Å²) in [6, 6.07) is 0.767. The quantitative estimate of drug-likeness (QED) is 0.766. The zero-order valence-electron chi connectivity index (χ0n) is 12.1. The standard InChI is InChI=1S/C14H23N3OS/c1-11-13(19-10-15-11)6-7-14(18)17(3)9-8-16(2)12-4-5-12/h10,12H,4-9H2,1-3H3.